The van der Waals surface area contributed by atoms with Crippen LogP contribution in [0.1, 0.15) is 0 Å². The fourth-order valence-electron chi connectivity index (χ4n) is 2.58. The lowest BCUT2D eigenvalue weighted by atomic mass is 10.1. The molecule has 0 aliphatic rings. The summed E-state index contributed by atoms with van der Waals surface area (Å²) in [7, 11) is 1.52. The number of nitrogens with zero attached hydrogens (tertiary/aromatic N) is 3. The van der Waals surface area contributed by atoms with Gasteiger partial charge < -0.3 is 14.1 Å². The van der Waals surface area contributed by atoms with Gasteiger partial charge in [0.2, 0.25) is 5.82 Å². The molecule has 2 aromatic carbocycles. The lowest BCUT2D eigenvalue weighted by Crippen LogP contribution is -2.34. The maximum absolute atomic E-state index is 13.3. The van der Waals surface area contributed by atoms with Crippen molar-refractivity contribution in [3.63, 3.8) is 0 Å². The van der Waals surface area contributed by atoms with Crippen molar-refractivity contribution in [1.82, 2.24) is 19.7 Å². The highest BCUT2D eigenvalue weighted by atomic mass is 19.1. The van der Waals surface area contributed by atoms with Gasteiger partial charge in [-0.3, -0.25) is 9.59 Å². The lowest BCUT2D eigenvalue weighted by molar-refractivity contribution is 0.432. The van der Waals surface area contributed by atoms with Gasteiger partial charge in [-0.25, -0.2) is 4.39 Å². The number of fused-ring (bicyclic) bond motifs is 1. The van der Waals surface area contributed by atoms with E-state index in [1.54, 1.807) is 30.3 Å². The van der Waals surface area contributed by atoms with E-state index in [0.29, 0.717) is 22.2 Å². The fraction of sp³-hybridized carbons (Fsp3) is 0.0588. The molecule has 4 rings (SSSR count). The zero-order valence-electron chi connectivity index (χ0n) is 13.0. The summed E-state index contributed by atoms with van der Waals surface area (Å²) in [5.41, 5.74) is 0.765. The number of H-pyrrole nitrogens is 1. The second-order valence-corrected chi connectivity index (χ2v) is 5.48. The van der Waals surface area contributed by atoms with E-state index in [0.717, 1.165) is 0 Å². The molecule has 0 atom stereocenters. The zero-order chi connectivity index (χ0) is 17.6. The second kappa shape index (κ2) is 5.52. The van der Waals surface area contributed by atoms with Crippen molar-refractivity contribution in [2.45, 2.75) is 0 Å². The third kappa shape index (κ3) is 2.53. The molecule has 0 fully saturated rings. The minimum absolute atomic E-state index is 0.184. The lowest BCUT2D eigenvalue weighted by Gasteiger charge is -2.04. The van der Waals surface area contributed by atoms with E-state index in [-0.39, 0.29) is 11.7 Å². The Bertz CT molecular complexity index is 1220. The molecule has 0 saturated heterocycles. The second-order valence-electron chi connectivity index (χ2n) is 5.48. The minimum atomic E-state index is -0.708. The van der Waals surface area contributed by atoms with Gasteiger partial charge in [0.1, 0.15) is 5.82 Å². The summed E-state index contributed by atoms with van der Waals surface area (Å²) >= 11 is 0. The molecule has 0 bridgehead atoms. The van der Waals surface area contributed by atoms with Crippen LogP contribution in [0.4, 0.5) is 4.39 Å². The summed E-state index contributed by atoms with van der Waals surface area (Å²) in [5.74, 6) is 0.0702. The van der Waals surface area contributed by atoms with Crippen LogP contribution in [0.5, 0.6) is 0 Å². The average Bonchev–Trinajstić information content (AvgIpc) is 3.09. The smallest absolute Gasteiger partial charge is 0.316 e. The predicted octanol–water partition coefficient (Wildman–Crippen LogP) is 2.08. The molecule has 2 aromatic heterocycles. The first-order valence-corrected chi connectivity index (χ1v) is 7.36. The molecule has 0 radical (unpaired) electrons. The van der Waals surface area contributed by atoms with Crippen LogP contribution in [0.3, 0.4) is 0 Å². The van der Waals surface area contributed by atoms with E-state index in [9.17, 15) is 14.0 Å². The van der Waals surface area contributed by atoms with Gasteiger partial charge in [-0.15, -0.1) is 0 Å². The van der Waals surface area contributed by atoms with Crippen LogP contribution in [0.25, 0.3) is 33.9 Å². The van der Waals surface area contributed by atoms with Crippen LogP contribution in [0.2, 0.25) is 0 Å². The Morgan fingerprint density at radius 2 is 1.96 bits per heavy atom. The monoisotopic (exact) mass is 338 g/mol. The van der Waals surface area contributed by atoms with Gasteiger partial charge in [0, 0.05) is 18.2 Å². The van der Waals surface area contributed by atoms with Crippen LogP contribution in [0.15, 0.2) is 56.6 Å². The van der Waals surface area contributed by atoms with Gasteiger partial charge in [-0.2, -0.15) is 4.98 Å². The highest BCUT2D eigenvalue weighted by Crippen LogP contribution is 2.24. The van der Waals surface area contributed by atoms with Gasteiger partial charge in [0.05, 0.1) is 11.0 Å². The fourth-order valence-corrected chi connectivity index (χ4v) is 2.58. The van der Waals surface area contributed by atoms with E-state index >= 15 is 0 Å². The zero-order valence-corrected chi connectivity index (χ0v) is 13.0. The summed E-state index contributed by atoms with van der Waals surface area (Å²) in [6.07, 6.45) is 0. The van der Waals surface area contributed by atoms with Crippen LogP contribution in [0, 0.1) is 5.82 Å². The number of hydrogen-bond donors (Lipinski definition) is 1. The van der Waals surface area contributed by atoms with Crippen LogP contribution >= 0.6 is 0 Å². The van der Waals surface area contributed by atoms with Gasteiger partial charge in [0.15, 0.2) is 0 Å². The Labute approximate surface area is 139 Å². The first-order chi connectivity index (χ1) is 12.0. The van der Waals surface area contributed by atoms with Crippen LogP contribution in [-0.4, -0.2) is 19.7 Å². The molecule has 2 heterocycles. The number of nitrogens with one attached hydrogen (secondary N) is 1. The first-order valence-electron chi connectivity index (χ1n) is 7.36. The number of rotatable bonds is 2. The van der Waals surface area contributed by atoms with Crippen molar-refractivity contribution >= 4 is 11.0 Å². The van der Waals surface area contributed by atoms with Crippen LogP contribution in [-0.2, 0) is 7.05 Å². The summed E-state index contributed by atoms with van der Waals surface area (Å²) in [6.45, 7) is 0. The molecule has 0 spiro atoms. The number of hydrogen-bond acceptors (Lipinski definition) is 5. The molecule has 0 amide bonds. The Balaban J connectivity index is 1.82. The normalized spacial score (nSPS) is 11.1. The van der Waals surface area contributed by atoms with Gasteiger partial charge in [0.25, 0.3) is 5.89 Å². The number of aromatic nitrogens is 4. The Morgan fingerprint density at radius 3 is 2.76 bits per heavy atom. The number of benzene rings is 2. The predicted molar refractivity (Wildman–Crippen MR) is 88.5 cm³/mol. The molecule has 0 unspecified atom stereocenters. The minimum Gasteiger partial charge on any atom is -0.334 e. The van der Waals surface area contributed by atoms with E-state index in [1.165, 1.54) is 23.7 Å². The molecule has 0 saturated carbocycles. The standard InChI is InChI=1S/C17H11FN4O3/c1-22-13-6-5-9(8-12(13)19-15(23)17(22)24)14-20-16(25-21-14)10-3-2-4-11(18)7-10/h2-8H,1H3,(H,19,23). The van der Waals surface area contributed by atoms with Crippen molar-refractivity contribution < 1.29 is 8.91 Å². The third-order valence-electron chi connectivity index (χ3n) is 3.86. The molecule has 7 nitrogen and oxygen atoms in total. The van der Waals surface area contributed by atoms with Gasteiger partial charge in [-0.05, 0) is 36.4 Å². The highest BCUT2D eigenvalue weighted by Gasteiger charge is 2.13. The highest BCUT2D eigenvalue weighted by molar-refractivity contribution is 5.80. The molecule has 8 heteroatoms. The largest absolute Gasteiger partial charge is 0.334 e. The van der Waals surface area contributed by atoms with E-state index in [1.807, 2.05) is 0 Å². The number of aryl methyl sites for hydroxylation is 1. The van der Waals surface area contributed by atoms with Gasteiger partial charge in [-0.1, -0.05) is 11.2 Å². The summed E-state index contributed by atoms with van der Waals surface area (Å²) in [6, 6.07) is 10.9. The first kappa shape index (κ1) is 15.0. The molecule has 124 valence electrons. The third-order valence-corrected chi connectivity index (χ3v) is 3.86. The molecule has 25 heavy (non-hydrogen) atoms. The van der Waals surface area contributed by atoms with Crippen molar-refractivity contribution in [2.24, 2.45) is 7.05 Å². The Kier molecular flexibility index (Phi) is 3.31. The molecular formula is C17H11FN4O3. The molecule has 0 aliphatic heterocycles. The average molecular weight is 338 g/mol. The van der Waals surface area contributed by atoms with Crippen molar-refractivity contribution in [2.75, 3.05) is 0 Å². The maximum Gasteiger partial charge on any atom is 0.316 e. The van der Waals surface area contributed by atoms with Gasteiger partial charge >= 0.3 is 11.1 Å². The van der Waals surface area contributed by atoms with E-state index in [4.69, 9.17) is 4.52 Å². The topological polar surface area (TPSA) is 93.8 Å². The van der Waals surface area contributed by atoms with E-state index in [2.05, 4.69) is 15.1 Å². The molecule has 0 aliphatic carbocycles. The summed E-state index contributed by atoms with van der Waals surface area (Å²) in [4.78, 5) is 30.1. The van der Waals surface area contributed by atoms with Crippen LogP contribution < -0.4 is 11.1 Å². The Morgan fingerprint density at radius 1 is 1.12 bits per heavy atom. The molecule has 1 N–H and O–H groups in total. The van der Waals surface area contributed by atoms with E-state index < -0.39 is 16.9 Å². The van der Waals surface area contributed by atoms with Crippen molar-refractivity contribution in [3.05, 3.63) is 69.0 Å². The SMILES string of the molecule is Cn1c(=O)c(=O)[nH]c2cc(-c3noc(-c4cccc(F)c4)n3)ccc21. The summed E-state index contributed by atoms with van der Waals surface area (Å²) < 4.78 is 19.8. The maximum atomic E-state index is 13.3. The van der Waals surface area contributed by atoms with Crippen molar-refractivity contribution in [1.29, 1.82) is 0 Å². The molecular weight excluding hydrogens is 327 g/mol. The quantitative estimate of drug-likeness (QED) is 0.565. The summed E-state index contributed by atoms with van der Waals surface area (Å²) in [5, 5.41) is 3.89. The number of halogens is 1. The Hall–Kier alpha value is -3.55. The van der Waals surface area contributed by atoms with Crippen molar-refractivity contribution in [3.8, 4) is 22.8 Å². The number of aromatic amines is 1. The molecule has 4 aromatic rings.